The summed E-state index contributed by atoms with van der Waals surface area (Å²) in [6.45, 7) is 1.89. The van der Waals surface area contributed by atoms with Crippen LogP contribution in [0.5, 0.6) is 0 Å². The van der Waals surface area contributed by atoms with Crippen LogP contribution in [0.3, 0.4) is 0 Å². The summed E-state index contributed by atoms with van der Waals surface area (Å²) in [6, 6.07) is 9.82. The van der Waals surface area contributed by atoms with E-state index in [9.17, 15) is 8.42 Å². The maximum absolute atomic E-state index is 10.6. The average Bonchev–Trinajstić information content (AvgIpc) is 2.15. The first-order valence-electron chi connectivity index (χ1n) is 5.56. The van der Waals surface area contributed by atoms with Gasteiger partial charge >= 0.3 is 0 Å². The normalized spacial score (nSPS) is 15.5. The van der Waals surface area contributed by atoms with Crippen LogP contribution in [0, 0.1) is 0 Å². The lowest BCUT2D eigenvalue weighted by atomic mass is 9.90. The van der Waals surface area contributed by atoms with Crippen LogP contribution in [-0.2, 0) is 16.5 Å². The van der Waals surface area contributed by atoms with E-state index in [2.05, 4.69) is 0 Å². The Morgan fingerprint density at radius 3 is 2.41 bits per heavy atom. The Kier molecular flexibility index (Phi) is 4.68. The van der Waals surface area contributed by atoms with Gasteiger partial charge in [0.05, 0.1) is 5.75 Å². The van der Waals surface area contributed by atoms with Crippen molar-refractivity contribution in [2.24, 2.45) is 5.73 Å². The highest BCUT2D eigenvalue weighted by atomic mass is 32.2. The van der Waals surface area contributed by atoms with Gasteiger partial charge in [-0.2, -0.15) is 8.42 Å². The van der Waals surface area contributed by atoms with E-state index in [1.54, 1.807) is 0 Å². The van der Waals surface area contributed by atoms with Gasteiger partial charge in [-0.05, 0) is 31.7 Å². The fourth-order valence-corrected chi connectivity index (χ4v) is 2.32. The third-order valence-electron chi connectivity index (χ3n) is 2.60. The monoisotopic (exact) mass is 257 g/mol. The van der Waals surface area contributed by atoms with E-state index in [1.807, 2.05) is 37.3 Å². The molecule has 0 radical (unpaired) electrons. The van der Waals surface area contributed by atoms with Crippen molar-refractivity contribution < 1.29 is 13.0 Å². The van der Waals surface area contributed by atoms with E-state index < -0.39 is 15.7 Å². The van der Waals surface area contributed by atoms with Crippen molar-refractivity contribution in [2.45, 2.75) is 31.7 Å². The predicted octanol–water partition coefficient (Wildman–Crippen LogP) is 1.61. The molecule has 0 spiro atoms. The highest BCUT2D eigenvalue weighted by Gasteiger charge is 2.19. The molecule has 4 nitrogen and oxygen atoms in total. The molecule has 1 aromatic rings. The molecule has 96 valence electrons. The van der Waals surface area contributed by atoms with Crippen molar-refractivity contribution in [3.8, 4) is 0 Å². The Morgan fingerprint density at radius 2 is 1.88 bits per heavy atom. The number of benzene rings is 1. The van der Waals surface area contributed by atoms with E-state index >= 15 is 0 Å². The molecule has 17 heavy (non-hydrogen) atoms. The van der Waals surface area contributed by atoms with Crippen molar-refractivity contribution in [1.82, 2.24) is 0 Å². The average molecular weight is 257 g/mol. The van der Waals surface area contributed by atoms with Crippen molar-refractivity contribution in [3.05, 3.63) is 35.9 Å². The Labute approximate surface area is 103 Å². The van der Waals surface area contributed by atoms with Gasteiger partial charge < -0.3 is 5.73 Å². The molecule has 5 heteroatoms. The van der Waals surface area contributed by atoms with Crippen LogP contribution in [-0.4, -0.2) is 24.3 Å². The summed E-state index contributed by atoms with van der Waals surface area (Å²) in [5.41, 5.74) is 6.78. The summed E-state index contributed by atoms with van der Waals surface area (Å²) >= 11 is 0. The molecule has 0 amide bonds. The Hall–Kier alpha value is -0.910. The molecule has 1 atom stereocenters. The molecule has 0 fully saturated rings. The van der Waals surface area contributed by atoms with Crippen LogP contribution in [0.25, 0.3) is 0 Å². The molecule has 3 N–H and O–H groups in total. The Bertz CT molecular complexity index is 440. The molecule has 0 bridgehead atoms. The molecular weight excluding hydrogens is 238 g/mol. The van der Waals surface area contributed by atoms with Crippen LogP contribution in [0.4, 0.5) is 0 Å². The van der Waals surface area contributed by atoms with Gasteiger partial charge in [0.25, 0.3) is 10.1 Å². The summed E-state index contributed by atoms with van der Waals surface area (Å²) in [4.78, 5) is 0. The summed E-state index contributed by atoms with van der Waals surface area (Å²) in [7, 11) is -3.87. The second-order valence-electron chi connectivity index (χ2n) is 4.71. The highest BCUT2D eigenvalue weighted by molar-refractivity contribution is 7.85. The van der Waals surface area contributed by atoms with Crippen molar-refractivity contribution in [1.29, 1.82) is 0 Å². The fraction of sp³-hybridized carbons (Fsp3) is 0.500. The van der Waals surface area contributed by atoms with Gasteiger partial charge in [-0.1, -0.05) is 30.3 Å². The Balaban J connectivity index is 2.46. The zero-order valence-electron chi connectivity index (χ0n) is 9.96. The van der Waals surface area contributed by atoms with Gasteiger partial charge in [-0.25, -0.2) is 0 Å². The minimum Gasteiger partial charge on any atom is -0.325 e. The molecule has 0 aliphatic carbocycles. The molecule has 0 saturated carbocycles. The van der Waals surface area contributed by atoms with Gasteiger partial charge in [0.15, 0.2) is 0 Å². The van der Waals surface area contributed by atoms with E-state index in [-0.39, 0.29) is 5.75 Å². The van der Waals surface area contributed by atoms with Gasteiger partial charge in [0.1, 0.15) is 0 Å². The molecule has 1 aromatic carbocycles. The number of rotatable bonds is 6. The Morgan fingerprint density at radius 1 is 1.29 bits per heavy atom. The number of nitrogens with two attached hydrogens (primary N) is 1. The van der Waals surface area contributed by atoms with Crippen LogP contribution in [0.1, 0.15) is 25.3 Å². The first-order valence-corrected chi connectivity index (χ1v) is 7.17. The van der Waals surface area contributed by atoms with E-state index in [0.717, 1.165) is 5.56 Å². The van der Waals surface area contributed by atoms with E-state index in [0.29, 0.717) is 19.3 Å². The lowest BCUT2D eigenvalue weighted by Gasteiger charge is -2.24. The minimum absolute atomic E-state index is 0.228. The lowest BCUT2D eigenvalue weighted by Crippen LogP contribution is -2.38. The van der Waals surface area contributed by atoms with Gasteiger partial charge in [0, 0.05) is 5.54 Å². The molecule has 0 heterocycles. The maximum Gasteiger partial charge on any atom is 0.264 e. The van der Waals surface area contributed by atoms with Crippen LogP contribution >= 0.6 is 0 Å². The first kappa shape index (κ1) is 14.2. The molecule has 1 rings (SSSR count). The van der Waals surface area contributed by atoms with Crippen molar-refractivity contribution in [2.75, 3.05) is 5.75 Å². The van der Waals surface area contributed by atoms with Crippen molar-refractivity contribution >= 4 is 10.1 Å². The number of hydrogen-bond donors (Lipinski definition) is 2. The fourth-order valence-electron chi connectivity index (χ4n) is 1.81. The van der Waals surface area contributed by atoms with Crippen LogP contribution in [0.15, 0.2) is 30.3 Å². The third-order valence-corrected chi connectivity index (χ3v) is 3.41. The second-order valence-corrected chi connectivity index (χ2v) is 6.28. The topological polar surface area (TPSA) is 80.4 Å². The van der Waals surface area contributed by atoms with E-state index in [1.165, 1.54) is 0 Å². The second kappa shape index (κ2) is 5.62. The van der Waals surface area contributed by atoms with Crippen LogP contribution in [0.2, 0.25) is 0 Å². The van der Waals surface area contributed by atoms with Crippen LogP contribution < -0.4 is 5.73 Å². The van der Waals surface area contributed by atoms with Crippen molar-refractivity contribution in [3.63, 3.8) is 0 Å². The van der Waals surface area contributed by atoms with Gasteiger partial charge in [0.2, 0.25) is 0 Å². The first-order chi connectivity index (χ1) is 7.79. The standard InChI is InChI=1S/C12H19NO3S/c1-12(13,8-5-9-17(14,15)16)10-11-6-3-2-4-7-11/h2-4,6-7H,5,8-10,13H2,1H3,(H,14,15,16). The van der Waals surface area contributed by atoms with Gasteiger partial charge in [-0.3, -0.25) is 4.55 Å². The summed E-state index contributed by atoms with van der Waals surface area (Å²) < 4.78 is 29.8. The molecule has 0 aliphatic heterocycles. The predicted molar refractivity (Wildman–Crippen MR) is 68.4 cm³/mol. The molecule has 0 saturated heterocycles. The molecule has 0 aliphatic rings. The summed E-state index contributed by atoms with van der Waals surface area (Å²) in [6.07, 6.45) is 1.62. The maximum atomic E-state index is 10.6. The highest BCUT2D eigenvalue weighted by Crippen LogP contribution is 2.16. The number of hydrogen-bond acceptors (Lipinski definition) is 3. The lowest BCUT2D eigenvalue weighted by molar-refractivity contribution is 0.418. The molecule has 1 unspecified atom stereocenters. The quantitative estimate of drug-likeness (QED) is 0.759. The zero-order valence-corrected chi connectivity index (χ0v) is 10.8. The largest absolute Gasteiger partial charge is 0.325 e. The summed E-state index contributed by atoms with van der Waals surface area (Å²) in [5.74, 6) is -0.228. The zero-order chi connectivity index (χ0) is 12.9. The molecular formula is C12H19NO3S. The van der Waals surface area contributed by atoms with Gasteiger partial charge in [-0.15, -0.1) is 0 Å². The molecule has 0 aromatic heterocycles. The summed E-state index contributed by atoms with van der Waals surface area (Å²) in [5, 5.41) is 0. The minimum atomic E-state index is -3.87. The smallest absolute Gasteiger partial charge is 0.264 e. The SMILES string of the molecule is CC(N)(CCCS(=O)(=O)O)Cc1ccccc1. The van der Waals surface area contributed by atoms with E-state index in [4.69, 9.17) is 10.3 Å². The third kappa shape index (κ3) is 6.41.